The molecular weight excluding hydrogens is 297 g/mol. The molecule has 0 aromatic heterocycles. The van der Waals surface area contributed by atoms with E-state index in [9.17, 15) is 19.1 Å². The van der Waals surface area contributed by atoms with Crippen molar-refractivity contribution in [2.75, 3.05) is 0 Å². The van der Waals surface area contributed by atoms with Crippen molar-refractivity contribution in [2.24, 2.45) is 0 Å². The van der Waals surface area contributed by atoms with Crippen molar-refractivity contribution < 1.29 is 19.1 Å². The highest BCUT2D eigenvalue weighted by molar-refractivity contribution is 5.94. The quantitative estimate of drug-likeness (QED) is 0.806. The maximum Gasteiger partial charge on any atom is 0.326 e. The summed E-state index contributed by atoms with van der Waals surface area (Å²) in [6, 6.07) is 13.8. The number of aliphatic carboxylic acids is 1. The Kier molecular flexibility index (Phi) is 5.63. The molecule has 0 aliphatic heterocycles. The maximum atomic E-state index is 13.0. The van der Waals surface area contributed by atoms with Crippen molar-refractivity contribution >= 4 is 18.0 Å². The van der Waals surface area contributed by atoms with Gasteiger partial charge in [0.05, 0.1) is 0 Å². The minimum atomic E-state index is -1.11. The van der Waals surface area contributed by atoms with Crippen LogP contribution in [-0.4, -0.2) is 23.0 Å². The standard InChI is InChI=1S/C18H16FNO3/c19-15-8-4-7-14(11-15)9-10-17(21)20-16(18(22)23)12-13-5-2-1-3-6-13/h1-11,16H,12H2,(H,20,21)(H,22,23)/b10-9+/t16-/m0/s1. The van der Waals surface area contributed by atoms with Crippen LogP contribution in [0.3, 0.4) is 0 Å². The van der Waals surface area contributed by atoms with E-state index < -0.39 is 23.7 Å². The molecule has 118 valence electrons. The van der Waals surface area contributed by atoms with Gasteiger partial charge in [-0.1, -0.05) is 42.5 Å². The van der Waals surface area contributed by atoms with Gasteiger partial charge in [0.2, 0.25) is 5.91 Å². The monoisotopic (exact) mass is 313 g/mol. The van der Waals surface area contributed by atoms with Crippen molar-refractivity contribution in [1.29, 1.82) is 0 Å². The van der Waals surface area contributed by atoms with Crippen LogP contribution in [0.1, 0.15) is 11.1 Å². The van der Waals surface area contributed by atoms with E-state index in [1.165, 1.54) is 30.4 Å². The van der Waals surface area contributed by atoms with Crippen LogP contribution in [0.2, 0.25) is 0 Å². The summed E-state index contributed by atoms with van der Waals surface area (Å²) in [5.41, 5.74) is 1.34. The maximum absolute atomic E-state index is 13.0. The summed E-state index contributed by atoms with van der Waals surface area (Å²) in [4.78, 5) is 23.1. The minimum absolute atomic E-state index is 0.190. The average molecular weight is 313 g/mol. The topological polar surface area (TPSA) is 66.4 Å². The lowest BCUT2D eigenvalue weighted by atomic mass is 10.1. The lowest BCUT2D eigenvalue weighted by Crippen LogP contribution is -2.41. The first-order chi connectivity index (χ1) is 11.0. The first-order valence-electron chi connectivity index (χ1n) is 7.05. The number of rotatable bonds is 6. The van der Waals surface area contributed by atoms with Crippen molar-refractivity contribution in [3.05, 3.63) is 77.6 Å². The smallest absolute Gasteiger partial charge is 0.326 e. The Balaban J connectivity index is 1.99. The highest BCUT2D eigenvalue weighted by Gasteiger charge is 2.19. The zero-order valence-electron chi connectivity index (χ0n) is 12.3. The zero-order valence-corrected chi connectivity index (χ0v) is 12.3. The van der Waals surface area contributed by atoms with Crippen LogP contribution < -0.4 is 5.32 Å². The first kappa shape index (κ1) is 16.4. The van der Waals surface area contributed by atoms with Crippen molar-refractivity contribution in [2.45, 2.75) is 12.5 Å². The van der Waals surface area contributed by atoms with Crippen LogP contribution in [-0.2, 0) is 16.0 Å². The predicted octanol–water partition coefficient (Wildman–Crippen LogP) is 2.65. The van der Waals surface area contributed by atoms with Crippen molar-refractivity contribution in [1.82, 2.24) is 5.32 Å². The molecule has 0 unspecified atom stereocenters. The van der Waals surface area contributed by atoms with E-state index in [4.69, 9.17) is 0 Å². The van der Waals surface area contributed by atoms with Gasteiger partial charge in [0, 0.05) is 12.5 Å². The van der Waals surface area contributed by atoms with E-state index in [1.807, 2.05) is 6.07 Å². The molecule has 0 spiro atoms. The molecule has 0 saturated carbocycles. The number of carboxylic acids is 1. The SMILES string of the molecule is O=C(/C=C/c1cccc(F)c1)N[C@@H](Cc1ccccc1)C(=O)O. The summed E-state index contributed by atoms with van der Waals surface area (Å²) in [6.07, 6.45) is 2.81. The molecular formula is C18H16FNO3. The molecule has 2 aromatic carbocycles. The van der Waals surface area contributed by atoms with E-state index in [2.05, 4.69) is 5.32 Å². The Morgan fingerprint density at radius 2 is 1.87 bits per heavy atom. The molecule has 2 aromatic rings. The summed E-state index contributed by atoms with van der Waals surface area (Å²) in [5, 5.41) is 11.6. The van der Waals surface area contributed by atoms with E-state index in [1.54, 1.807) is 30.3 Å². The number of hydrogen-bond donors (Lipinski definition) is 2. The van der Waals surface area contributed by atoms with E-state index >= 15 is 0 Å². The van der Waals surface area contributed by atoms with Crippen LogP contribution >= 0.6 is 0 Å². The van der Waals surface area contributed by atoms with Gasteiger partial charge in [-0.25, -0.2) is 9.18 Å². The second kappa shape index (κ2) is 7.89. The third-order valence-electron chi connectivity index (χ3n) is 3.17. The van der Waals surface area contributed by atoms with Gasteiger partial charge >= 0.3 is 5.97 Å². The van der Waals surface area contributed by atoms with Gasteiger partial charge in [-0.15, -0.1) is 0 Å². The van der Waals surface area contributed by atoms with Gasteiger partial charge in [-0.2, -0.15) is 0 Å². The number of amides is 1. The first-order valence-corrected chi connectivity index (χ1v) is 7.05. The molecule has 0 fully saturated rings. The molecule has 0 saturated heterocycles. The number of nitrogens with one attached hydrogen (secondary N) is 1. The summed E-state index contributed by atoms with van der Waals surface area (Å²) in [5.74, 6) is -2.06. The lowest BCUT2D eigenvalue weighted by molar-refractivity contribution is -0.141. The average Bonchev–Trinajstić information content (AvgIpc) is 2.53. The van der Waals surface area contributed by atoms with Crippen LogP contribution in [0.25, 0.3) is 6.08 Å². The Morgan fingerprint density at radius 1 is 1.13 bits per heavy atom. The Labute approximate surface area is 133 Å². The van der Waals surface area contributed by atoms with Gasteiger partial charge in [0.25, 0.3) is 0 Å². The molecule has 23 heavy (non-hydrogen) atoms. The van der Waals surface area contributed by atoms with Crippen LogP contribution in [0.4, 0.5) is 4.39 Å². The second-order valence-corrected chi connectivity index (χ2v) is 4.98. The molecule has 0 aliphatic carbocycles. The molecule has 2 N–H and O–H groups in total. The molecule has 0 aliphatic rings. The molecule has 4 nitrogen and oxygen atoms in total. The van der Waals surface area contributed by atoms with Gasteiger partial charge in [-0.3, -0.25) is 4.79 Å². The summed E-state index contributed by atoms with van der Waals surface area (Å²) in [7, 11) is 0. The Hall–Kier alpha value is -2.95. The zero-order chi connectivity index (χ0) is 16.7. The molecule has 0 bridgehead atoms. The van der Waals surface area contributed by atoms with Crippen LogP contribution in [0, 0.1) is 5.82 Å². The second-order valence-electron chi connectivity index (χ2n) is 4.98. The Morgan fingerprint density at radius 3 is 2.52 bits per heavy atom. The fraction of sp³-hybridized carbons (Fsp3) is 0.111. The largest absolute Gasteiger partial charge is 0.480 e. The molecule has 2 rings (SSSR count). The fourth-order valence-corrected chi connectivity index (χ4v) is 2.05. The number of halogens is 1. The fourth-order valence-electron chi connectivity index (χ4n) is 2.05. The number of carbonyl (C=O) groups is 2. The normalized spacial score (nSPS) is 12.0. The number of carboxylic acid groups (broad SMARTS) is 1. The van der Waals surface area contributed by atoms with Crippen molar-refractivity contribution in [3.63, 3.8) is 0 Å². The van der Waals surface area contributed by atoms with Crippen LogP contribution in [0.5, 0.6) is 0 Å². The molecule has 5 heteroatoms. The highest BCUT2D eigenvalue weighted by Crippen LogP contribution is 2.06. The highest BCUT2D eigenvalue weighted by atomic mass is 19.1. The van der Waals surface area contributed by atoms with E-state index in [0.717, 1.165) is 5.56 Å². The van der Waals surface area contributed by atoms with Gasteiger partial charge in [-0.05, 0) is 29.3 Å². The van der Waals surface area contributed by atoms with Crippen LogP contribution in [0.15, 0.2) is 60.7 Å². The summed E-state index contributed by atoms with van der Waals surface area (Å²) < 4.78 is 13.0. The third kappa shape index (κ3) is 5.39. The van der Waals surface area contributed by atoms with Gasteiger partial charge in [0.1, 0.15) is 11.9 Å². The van der Waals surface area contributed by atoms with E-state index in [0.29, 0.717) is 5.56 Å². The summed E-state index contributed by atoms with van der Waals surface area (Å²) in [6.45, 7) is 0. The van der Waals surface area contributed by atoms with Crippen molar-refractivity contribution in [3.8, 4) is 0 Å². The molecule has 1 atom stereocenters. The van der Waals surface area contributed by atoms with Gasteiger partial charge in [0.15, 0.2) is 0 Å². The lowest BCUT2D eigenvalue weighted by Gasteiger charge is -2.13. The number of benzene rings is 2. The minimum Gasteiger partial charge on any atom is -0.480 e. The van der Waals surface area contributed by atoms with Gasteiger partial charge < -0.3 is 10.4 Å². The Bertz CT molecular complexity index is 713. The third-order valence-corrected chi connectivity index (χ3v) is 3.17. The summed E-state index contributed by atoms with van der Waals surface area (Å²) >= 11 is 0. The van der Waals surface area contributed by atoms with E-state index in [-0.39, 0.29) is 6.42 Å². The molecule has 0 heterocycles. The predicted molar refractivity (Wildman–Crippen MR) is 85.1 cm³/mol. The molecule has 0 radical (unpaired) electrons. The number of hydrogen-bond acceptors (Lipinski definition) is 2. The molecule has 1 amide bonds. The number of carbonyl (C=O) groups excluding carboxylic acids is 1.